The minimum absolute atomic E-state index is 0.0518. The normalized spacial score (nSPS) is 14.0. The quantitative estimate of drug-likeness (QED) is 0.266. The summed E-state index contributed by atoms with van der Waals surface area (Å²) in [6.45, 7) is 17.5. The minimum atomic E-state index is -1.27. The van der Waals surface area contributed by atoms with Crippen LogP contribution in [0, 0.1) is 16.7 Å². The Hall–Kier alpha value is -0.250. The van der Waals surface area contributed by atoms with Crippen molar-refractivity contribution in [2.45, 2.75) is 78.2 Å². The van der Waals surface area contributed by atoms with Crippen LogP contribution in [-0.4, -0.2) is 46.7 Å². The summed E-state index contributed by atoms with van der Waals surface area (Å²) in [5.74, 6) is -0.0518. The van der Waals surface area contributed by atoms with E-state index < -0.39 is 12.9 Å². The first kappa shape index (κ1) is 25.8. The zero-order valence-corrected chi connectivity index (χ0v) is 19.9. The van der Waals surface area contributed by atoms with Crippen molar-refractivity contribution in [2.75, 3.05) is 19.8 Å². The molecule has 0 aliphatic carbocycles. The second kappa shape index (κ2) is 11.6. The second-order valence-electron chi connectivity index (χ2n) is 8.14. The SMILES string of the molecule is CC(C)N(C(C)C)P(OCCC#N)OCC(C)(C)CNC(=O)C(C)(C)Br. The zero-order valence-electron chi connectivity index (χ0n) is 17.4. The van der Waals surface area contributed by atoms with Crippen LogP contribution in [0.15, 0.2) is 0 Å². The van der Waals surface area contributed by atoms with Crippen molar-refractivity contribution in [3.05, 3.63) is 0 Å². The number of nitrogens with zero attached hydrogens (tertiary/aromatic N) is 2. The third-order valence-corrected chi connectivity index (χ3v) is 5.91. The molecule has 0 aromatic heterocycles. The van der Waals surface area contributed by atoms with Crippen molar-refractivity contribution in [3.8, 4) is 6.07 Å². The molecule has 1 amide bonds. The number of carbonyl (C=O) groups excluding carboxylic acids is 1. The van der Waals surface area contributed by atoms with Crippen molar-refractivity contribution in [2.24, 2.45) is 5.41 Å². The van der Waals surface area contributed by atoms with Gasteiger partial charge in [0.2, 0.25) is 5.91 Å². The first-order valence-corrected chi connectivity index (χ1v) is 10.9. The van der Waals surface area contributed by atoms with E-state index >= 15 is 0 Å². The van der Waals surface area contributed by atoms with Crippen molar-refractivity contribution >= 4 is 30.4 Å². The molecule has 0 aliphatic heterocycles. The number of carbonyl (C=O) groups is 1. The van der Waals surface area contributed by atoms with Gasteiger partial charge in [0, 0.05) is 24.0 Å². The molecule has 0 heterocycles. The van der Waals surface area contributed by atoms with Gasteiger partial charge in [-0.15, -0.1) is 0 Å². The van der Waals surface area contributed by atoms with Crippen LogP contribution >= 0.6 is 24.5 Å². The van der Waals surface area contributed by atoms with Gasteiger partial charge in [-0.3, -0.25) is 4.79 Å². The van der Waals surface area contributed by atoms with Gasteiger partial charge in [-0.2, -0.15) is 5.26 Å². The average Bonchev–Trinajstić information content (AvgIpc) is 2.48. The second-order valence-corrected chi connectivity index (χ2v) is 11.6. The molecule has 0 aliphatic rings. The number of amides is 1. The van der Waals surface area contributed by atoms with Gasteiger partial charge in [0.15, 0.2) is 0 Å². The van der Waals surface area contributed by atoms with Crippen LogP contribution in [0.4, 0.5) is 0 Å². The fraction of sp³-hybridized carbons (Fsp3) is 0.889. The first-order chi connectivity index (χ1) is 11.8. The maximum Gasteiger partial charge on any atom is 0.259 e. The topological polar surface area (TPSA) is 74.6 Å². The van der Waals surface area contributed by atoms with E-state index in [-0.39, 0.29) is 23.4 Å². The first-order valence-electron chi connectivity index (χ1n) is 9.00. The Balaban J connectivity index is 4.88. The van der Waals surface area contributed by atoms with Gasteiger partial charge in [0.1, 0.15) is 0 Å². The highest BCUT2D eigenvalue weighted by Crippen LogP contribution is 2.47. The molecular weight excluding hydrogens is 417 g/mol. The highest BCUT2D eigenvalue weighted by Gasteiger charge is 2.31. The lowest BCUT2D eigenvalue weighted by atomic mass is 9.95. The molecular formula is C18H35BrN3O3P. The number of hydrogen-bond acceptors (Lipinski definition) is 5. The maximum atomic E-state index is 12.1. The van der Waals surface area contributed by atoms with Crippen molar-refractivity contribution < 1.29 is 13.8 Å². The number of alkyl halides is 1. The van der Waals surface area contributed by atoms with Crippen molar-refractivity contribution in [1.29, 1.82) is 5.26 Å². The Morgan fingerprint density at radius 2 is 1.73 bits per heavy atom. The van der Waals surface area contributed by atoms with Gasteiger partial charge in [0.05, 0.1) is 30.0 Å². The summed E-state index contributed by atoms with van der Waals surface area (Å²) in [6.07, 6.45) is 0.339. The molecule has 6 nitrogen and oxygen atoms in total. The Morgan fingerprint density at radius 3 is 2.15 bits per heavy atom. The fourth-order valence-corrected chi connectivity index (χ4v) is 4.07. The predicted octanol–water partition coefficient (Wildman–Crippen LogP) is 4.59. The molecule has 0 aromatic carbocycles. The van der Waals surface area contributed by atoms with E-state index in [0.29, 0.717) is 26.2 Å². The smallest absolute Gasteiger partial charge is 0.259 e. The van der Waals surface area contributed by atoms with Gasteiger partial charge in [-0.1, -0.05) is 29.8 Å². The lowest BCUT2D eigenvalue weighted by Crippen LogP contribution is -2.43. The van der Waals surface area contributed by atoms with E-state index in [0.717, 1.165) is 0 Å². The highest BCUT2D eigenvalue weighted by atomic mass is 79.9. The largest absolute Gasteiger partial charge is 0.354 e. The van der Waals surface area contributed by atoms with E-state index in [1.54, 1.807) is 0 Å². The van der Waals surface area contributed by atoms with Gasteiger partial charge >= 0.3 is 0 Å². The lowest BCUT2D eigenvalue weighted by Gasteiger charge is -2.37. The molecule has 1 unspecified atom stereocenters. The monoisotopic (exact) mass is 451 g/mol. The van der Waals surface area contributed by atoms with Crippen LogP contribution in [0.1, 0.15) is 61.8 Å². The Bertz CT molecular complexity index is 465. The van der Waals surface area contributed by atoms with E-state index in [2.05, 4.69) is 59.7 Å². The Kier molecular flexibility index (Phi) is 11.4. The summed E-state index contributed by atoms with van der Waals surface area (Å²) < 4.78 is 13.6. The average molecular weight is 452 g/mol. The van der Waals surface area contributed by atoms with Crippen LogP contribution in [0.3, 0.4) is 0 Å². The zero-order chi connectivity index (χ0) is 20.5. The maximum absolute atomic E-state index is 12.1. The predicted molar refractivity (Wildman–Crippen MR) is 111 cm³/mol. The third-order valence-electron chi connectivity index (χ3n) is 3.50. The molecule has 0 fully saturated rings. The summed E-state index contributed by atoms with van der Waals surface area (Å²) in [4.78, 5) is 12.1. The standard InChI is InChI=1S/C18H35BrN3O3P/c1-14(2)22(15(3)4)26(24-11-9-10-20)25-13-17(5,6)12-21-16(23)18(7,8)19/h14-15H,9,11-13H2,1-8H3,(H,21,23). The third kappa shape index (κ3) is 10.2. The molecule has 8 heteroatoms. The number of hydrogen-bond donors (Lipinski definition) is 1. The molecule has 0 rings (SSSR count). The lowest BCUT2D eigenvalue weighted by molar-refractivity contribution is -0.123. The van der Waals surface area contributed by atoms with Crippen LogP contribution in [0.2, 0.25) is 0 Å². The van der Waals surface area contributed by atoms with Crippen molar-refractivity contribution in [3.63, 3.8) is 0 Å². The molecule has 0 bridgehead atoms. The number of rotatable bonds is 12. The molecule has 0 spiro atoms. The van der Waals surface area contributed by atoms with Gasteiger partial charge < -0.3 is 14.4 Å². The highest BCUT2D eigenvalue weighted by molar-refractivity contribution is 9.10. The van der Waals surface area contributed by atoms with E-state index in [4.69, 9.17) is 14.3 Å². The van der Waals surface area contributed by atoms with Gasteiger partial charge in [-0.05, 0) is 41.5 Å². The van der Waals surface area contributed by atoms with Crippen LogP contribution < -0.4 is 5.32 Å². The Morgan fingerprint density at radius 1 is 1.19 bits per heavy atom. The number of halogens is 1. The van der Waals surface area contributed by atoms with Crippen LogP contribution in [0.5, 0.6) is 0 Å². The molecule has 26 heavy (non-hydrogen) atoms. The van der Waals surface area contributed by atoms with Crippen molar-refractivity contribution in [1.82, 2.24) is 9.99 Å². The Labute approximate surface area is 169 Å². The van der Waals surface area contributed by atoms with Gasteiger partial charge in [-0.25, -0.2) is 4.67 Å². The molecule has 1 N–H and O–H groups in total. The number of nitriles is 1. The molecule has 0 radical (unpaired) electrons. The van der Waals surface area contributed by atoms with Gasteiger partial charge in [0.25, 0.3) is 8.53 Å². The van der Waals surface area contributed by atoms with E-state index in [1.165, 1.54) is 0 Å². The fourth-order valence-electron chi connectivity index (χ4n) is 2.12. The summed E-state index contributed by atoms with van der Waals surface area (Å²) in [6, 6.07) is 2.63. The molecule has 152 valence electrons. The minimum Gasteiger partial charge on any atom is -0.354 e. The molecule has 0 saturated carbocycles. The molecule has 1 atom stereocenters. The van der Waals surface area contributed by atoms with E-state index in [9.17, 15) is 4.79 Å². The summed E-state index contributed by atoms with van der Waals surface area (Å²) in [5.41, 5.74) is -0.243. The van der Waals surface area contributed by atoms with E-state index in [1.807, 2.05) is 27.7 Å². The van der Waals surface area contributed by atoms with Crippen LogP contribution in [0.25, 0.3) is 0 Å². The summed E-state index contributed by atoms with van der Waals surface area (Å²) in [5, 5.41) is 11.7. The molecule has 0 saturated heterocycles. The molecule has 0 aromatic rings. The summed E-state index contributed by atoms with van der Waals surface area (Å²) >= 11 is 3.37. The summed E-state index contributed by atoms with van der Waals surface area (Å²) in [7, 11) is -1.27. The number of nitrogens with one attached hydrogen (secondary N) is 1. The van der Waals surface area contributed by atoms with Crippen LogP contribution in [-0.2, 0) is 13.8 Å².